The van der Waals surface area contributed by atoms with Crippen molar-refractivity contribution in [1.82, 2.24) is 20.3 Å². The van der Waals surface area contributed by atoms with E-state index in [1.807, 2.05) is 37.3 Å². The van der Waals surface area contributed by atoms with Crippen LogP contribution in [0.1, 0.15) is 15.9 Å². The maximum atomic E-state index is 12.4. The number of hydrogen-bond donors (Lipinski definition) is 2. The Balaban J connectivity index is 0.00000272. The van der Waals surface area contributed by atoms with Gasteiger partial charge in [0.25, 0.3) is 5.91 Å². The van der Waals surface area contributed by atoms with E-state index in [2.05, 4.69) is 36.8 Å². The van der Waals surface area contributed by atoms with Gasteiger partial charge in [0.05, 0.1) is 16.4 Å². The summed E-state index contributed by atoms with van der Waals surface area (Å²) in [5.74, 6) is -0.323. The lowest BCUT2D eigenvalue weighted by Gasteiger charge is -2.11. The molecule has 0 atom stereocenters. The number of fused-ring (bicyclic) bond motifs is 1. The van der Waals surface area contributed by atoms with E-state index in [1.54, 1.807) is 35.1 Å². The first-order valence-corrected chi connectivity index (χ1v) is 10.5. The number of hydrogen-bond acceptors (Lipinski definition) is 4. The molecule has 1 aromatic heterocycles. The molecule has 0 aliphatic heterocycles. The maximum Gasteiger partial charge on any atom is 0.257 e. The van der Waals surface area contributed by atoms with Gasteiger partial charge in [0.15, 0.2) is 5.11 Å². The number of nitrogens with zero attached hydrogens (tertiary/aromatic N) is 3. The third-order valence-corrected chi connectivity index (χ3v) is 5.31. The van der Waals surface area contributed by atoms with Crippen molar-refractivity contribution in [3.63, 3.8) is 0 Å². The predicted molar refractivity (Wildman–Crippen MR) is 130 cm³/mol. The summed E-state index contributed by atoms with van der Waals surface area (Å²) in [4.78, 5) is 13.9. The Bertz CT molecular complexity index is 1280. The number of aryl methyl sites for hydroxylation is 1. The molecule has 3 aromatic carbocycles. The predicted octanol–water partition coefficient (Wildman–Crippen LogP) is 4.45. The van der Waals surface area contributed by atoms with Gasteiger partial charge in [-0.3, -0.25) is 10.1 Å². The van der Waals surface area contributed by atoms with Crippen LogP contribution < -0.4 is 10.6 Å². The average molecular weight is 519 g/mol. The summed E-state index contributed by atoms with van der Waals surface area (Å²) in [6.07, 6.45) is 0. The first-order chi connectivity index (χ1) is 14.4. The number of carbonyl (C=O) groups excluding carboxylic acids is 1. The second kappa shape index (κ2) is 9.52. The standard InChI is InChI=1S/C21H15BrClN5OS.H2O/c1-12-5-7-15(8-6-12)28-26-18-10-16(23)17(11-19(18)27-28)24-21(30)25-20(29)13-3-2-4-14(22)9-13;/h2-11H,1H3,(H2,24,25,29,30);1H2. The molecule has 0 bridgehead atoms. The van der Waals surface area contributed by atoms with Gasteiger partial charge in [-0.1, -0.05) is 51.3 Å². The van der Waals surface area contributed by atoms with Crippen molar-refractivity contribution in [1.29, 1.82) is 0 Å². The summed E-state index contributed by atoms with van der Waals surface area (Å²) < 4.78 is 0.805. The monoisotopic (exact) mass is 517 g/mol. The van der Waals surface area contributed by atoms with Crippen molar-refractivity contribution in [2.45, 2.75) is 6.92 Å². The minimum absolute atomic E-state index is 0. The molecule has 4 rings (SSSR count). The number of rotatable bonds is 3. The number of aromatic nitrogens is 3. The second-order valence-corrected chi connectivity index (χ2v) is 8.30. The van der Waals surface area contributed by atoms with Gasteiger partial charge in [0.2, 0.25) is 0 Å². The lowest BCUT2D eigenvalue weighted by molar-refractivity contribution is 0.0977. The van der Waals surface area contributed by atoms with Crippen LogP contribution in [0.25, 0.3) is 16.7 Å². The molecule has 1 heterocycles. The van der Waals surface area contributed by atoms with Gasteiger partial charge in [-0.05, 0) is 61.6 Å². The fourth-order valence-electron chi connectivity index (χ4n) is 2.79. The molecular formula is C21H17BrClN5O2S. The third-order valence-electron chi connectivity index (χ3n) is 4.30. The van der Waals surface area contributed by atoms with Crippen LogP contribution >= 0.6 is 39.7 Å². The molecular weight excluding hydrogens is 502 g/mol. The Hall–Kier alpha value is -2.85. The summed E-state index contributed by atoms with van der Waals surface area (Å²) in [6, 6.07) is 18.4. The summed E-state index contributed by atoms with van der Waals surface area (Å²) in [5.41, 5.74) is 4.30. The van der Waals surface area contributed by atoms with E-state index < -0.39 is 0 Å². The van der Waals surface area contributed by atoms with Crippen LogP contribution in [0.4, 0.5) is 5.69 Å². The summed E-state index contributed by atoms with van der Waals surface area (Å²) in [5, 5.41) is 15.1. The van der Waals surface area contributed by atoms with Crippen LogP contribution in [0.15, 0.2) is 65.1 Å². The number of amides is 1. The molecule has 31 heavy (non-hydrogen) atoms. The normalized spacial score (nSPS) is 10.4. The van der Waals surface area contributed by atoms with Gasteiger partial charge in [0, 0.05) is 10.0 Å². The van der Waals surface area contributed by atoms with E-state index in [9.17, 15) is 4.79 Å². The fraction of sp³-hybridized carbons (Fsp3) is 0.0476. The van der Waals surface area contributed by atoms with Crippen LogP contribution in [-0.2, 0) is 0 Å². The van der Waals surface area contributed by atoms with Crippen LogP contribution in [0.5, 0.6) is 0 Å². The van der Waals surface area contributed by atoms with Crippen LogP contribution in [0.2, 0.25) is 5.02 Å². The van der Waals surface area contributed by atoms with E-state index in [1.165, 1.54) is 0 Å². The molecule has 158 valence electrons. The molecule has 4 aromatic rings. The minimum Gasteiger partial charge on any atom is -0.412 e. The molecule has 10 heteroatoms. The molecule has 0 fully saturated rings. The van der Waals surface area contributed by atoms with Crippen LogP contribution in [0, 0.1) is 6.92 Å². The molecule has 0 radical (unpaired) electrons. The van der Waals surface area contributed by atoms with Crippen molar-refractivity contribution in [2.24, 2.45) is 0 Å². The number of thiocarbonyl (C=S) groups is 1. The van der Waals surface area contributed by atoms with E-state index in [0.29, 0.717) is 27.3 Å². The maximum absolute atomic E-state index is 12.4. The third kappa shape index (κ3) is 5.26. The van der Waals surface area contributed by atoms with Crippen molar-refractivity contribution < 1.29 is 10.3 Å². The number of halogens is 2. The lowest BCUT2D eigenvalue weighted by atomic mass is 10.2. The molecule has 0 unspecified atom stereocenters. The van der Waals surface area contributed by atoms with Crippen molar-refractivity contribution in [2.75, 3.05) is 5.32 Å². The second-order valence-electron chi connectivity index (χ2n) is 6.56. The first-order valence-electron chi connectivity index (χ1n) is 8.90. The molecule has 0 aliphatic rings. The highest BCUT2D eigenvalue weighted by Crippen LogP contribution is 2.27. The zero-order valence-electron chi connectivity index (χ0n) is 16.2. The number of carbonyl (C=O) groups is 1. The largest absolute Gasteiger partial charge is 0.412 e. The highest BCUT2D eigenvalue weighted by Gasteiger charge is 2.13. The summed E-state index contributed by atoms with van der Waals surface area (Å²) in [6.45, 7) is 2.02. The van der Waals surface area contributed by atoms with Crippen molar-refractivity contribution in [3.8, 4) is 5.69 Å². The van der Waals surface area contributed by atoms with Crippen molar-refractivity contribution >= 4 is 67.5 Å². The molecule has 4 N–H and O–H groups in total. The quantitative estimate of drug-likeness (QED) is 0.390. The van der Waals surface area contributed by atoms with Crippen molar-refractivity contribution in [3.05, 3.63) is 81.3 Å². The van der Waals surface area contributed by atoms with Crippen LogP contribution in [0.3, 0.4) is 0 Å². The van der Waals surface area contributed by atoms with E-state index in [-0.39, 0.29) is 16.5 Å². The molecule has 7 nitrogen and oxygen atoms in total. The summed E-state index contributed by atoms with van der Waals surface area (Å²) >= 11 is 15.0. The lowest BCUT2D eigenvalue weighted by Crippen LogP contribution is -2.34. The summed E-state index contributed by atoms with van der Waals surface area (Å²) in [7, 11) is 0. The Labute approximate surface area is 196 Å². The Morgan fingerprint density at radius 3 is 2.42 bits per heavy atom. The van der Waals surface area contributed by atoms with E-state index in [4.69, 9.17) is 23.8 Å². The highest BCUT2D eigenvalue weighted by atomic mass is 79.9. The molecule has 0 spiro atoms. The number of benzene rings is 3. The Kier molecular flexibility index (Phi) is 7.01. The molecule has 1 amide bonds. The van der Waals surface area contributed by atoms with Gasteiger partial charge < -0.3 is 10.8 Å². The van der Waals surface area contributed by atoms with Gasteiger partial charge in [0.1, 0.15) is 11.0 Å². The smallest absolute Gasteiger partial charge is 0.257 e. The molecule has 0 saturated heterocycles. The van der Waals surface area contributed by atoms with Gasteiger partial charge in [-0.25, -0.2) is 0 Å². The topological polar surface area (TPSA) is 103 Å². The van der Waals surface area contributed by atoms with E-state index in [0.717, 1.165) is 15.7 Å². The van der Waals surface area contributed by atoms with Gasteiger partial charge >= 0.3 is 0 Å². The first kappa shape index (κ1) is 22.8. The Morgan fingerprint density at radius 2 is 1.74 bits per heavy atom. The zero-order chi connectivity index (χ0) is 21.3. The molecule has 0 aliphatic carbocycles. The zero-order valence-corrected chi connectivity index (χ0v) is 19.3. The van der Waals surface area contributed by atoms with Gasteiger partial charge in [-0.15, -0.1) is 10.2 Å². The number of nitrogens with one attached hydrogen (secondary N) is 2. The SMILES string of the molecule is Cc1ccc(-n2nc3cc(Cl)c(NC(=S)NC(=O)c4cccc(Br)c4)cc3n2)cc1.O. The fourth-order valence-corrected chi connectivity index (χ4v) is 3.59. The highest BCUT2D eigenvalue weighted by molar-refractivity contribution is 9.10. The van der Waals surface area contributed by atoms with Crippen LogP contribution in [-0.4, -0.2) is 31.5 Å². The number of anilines is 1. The van der Waals surface area contributed by atoms with E-state index >= 15 is 0 Å². The average Bonchev–Trinajstić information content (AvgIpc) is 3.11. The minimum atomic E-state index is -0.323. The molecule has 0 saturated carbocycles. The Morgan fingerprint density at radius 1 is 1.06 bits per heavy atom. The van der Waals surface area contributed by atoms with Gasteiger partial charge in [-0.2, -0.15) is 4.80 Å².